The largest absolute Gasteiger partial charge is 0.490 e. The molecule has 0 aromatic carbocycles. The number of morpholine rings is 1. The predicted octanol–water partition coefficient (Wildman–Crippen LogP) is 4.45. The van der Waals surface area contributed by atoms with E-state index in [0.29, 0.717) is 5.92 Å². The van der Waals surface area contributed by atoms with Crippen molar-refractivity contribution < 1.29 is 50.9 Å². The molecule has 0 bridgehead atoms. The van der Waals surface area contributed by atoms with Crippen molar-refractivity contribution in [3.63, 3.8) is 0 Å². The Kier molecular flexibility index (Phi) is 9.50. The van der Waals surface area contributed by atoms with Crippen molar-refractivity contribution in [2.75, 3.05) is 19.7 Å². The third kappa shape index (κ3) is 8.64. The van der Waals surface area contributed by atoms with Gasteiger partial charge in [0.25, 0.3) is 0 Å². The number of halogens is 6. The minimum Gasteiger partial charge on any atom is -0.475 e. The van der Waals surface area contributed by atoms with Gasteiger partial charge in [0.15, 0.2) is 0 Å². The summed E-state index contributed by atoms with van der Waals surface area (Å²) in [5.41, 5.74) is 4.89. The van der Waals surface area contributed by atoms with Gasteiger partial charge in [-0.25, -0.2) is 14.6 Å². The maximum absolute atomic E-state index is 10.6. The first-order valence-corrected chi connectivity index (χ1v) is 11.6. The van der Waals surface area contributed by atoms with Gasteiger partial charge in [0.1, 0.15) is 6.10 Å². The first kappa shape index (κ1) is 29.8. The van der Waals surface area contributed by atoms with Crippen LogP contribution in [0, 0.1) is 0 Å². The van der Waals surface area contributed by atoms with E-state index in [9.17, 15) is 26.3 Å². The fourth-order valence-corrected chi connectivity index (χ4v) is 3.78. The molecule has 0 amide bonds. The fourth-order valence-electron chi connectivity index (χ4n) is 3.78. The average Bonchev–Trinajstić information content (AvgIpc) is 3.62. The van der Waals surface area contributed by atoms with Crippen molar-refractivity contribution in [1.82, 2.24) is 19.3 Å². The van der Waals surface area contributed by atoms with Crippen LogP contribution < -0.4 is 0 Å². The Balaban J connectivity index is 0.000000251. The summed E-state index contributed by atoms with van der Waals surface area (Å²) in [7, 11) is 0. The lowest BCUT2D eigenvalue weighted by molar-refractivity contribution is -0.193. The number of rotatable bonds is 4. The van der Waals surface area contributed by atoms with Gasteiger partial charge in [-0.1, -0.05) is 12.1 Å². The Morgan fingerprint density at radius 2 is 1.64 bits per heavy atom. The van der Waals surface area contributed by atoms with Crippen LogP contribution in [-0.4, -0.2) is 73.5 Å². The molecule has 2 aliphatic rings. The van der Waals surface area contributed by atoms with Gasteiger partial charge in [0.05, 0.1) is 24.1 Å². The van der Waals surface area contributed by atoms with Crippen LogP contribution in [0.3, 0.4) is 0 Å². The molecular formula is C24H24F6N4O5. The fraction of sp³-hybridized carbons (Fsp3) is 0.417. The van der Waals surface area contributed by atoms with Crippen molar-refractivity contribution in [3.8, 4) is 0 Å². The van der Waals surface area contributed by atoms with E-state index in [2.05, 4.69) is 38.6 Å². The Hall–Kier alpha value is -3.72. The number of ether oxygens (including phenoxy) is 1. The van der Waals surface area contributed by atoms with E-state index in [4.69, 9.17) is 29.5 Å². The number of carbonyl (C=O) groups is 2. The van der Waals surface area contributed by atoms with Crippen LogP contribution in [-0.2, 0) is 20.9 Å². The first-order chi connectivity index (χ1) is 18.3. The number of hydrogen-bond acceptors (Lipinski definition) is 6. The van der Waals surface area contributed by atoms with Crippen molar-refractivity contribution >= 4 is 17.5 Å². The molecular weight excluding hydrogens is 538 g/mol. The van der Waals surface area contributed by atoms with Crippen LogP contribution in [0.2, 0.25) is 0 Å². The lowest BCUT2D eigenvalue weighted by Gasteiger charge is -2.32. The molecule has 1 aliphatic heterocycles. The second kappa shape index (κ2) is 12.4. The molecule has 1 atom stereocenters. The van der Waals surface area contributed by atoms with Gasteiger partial charge in [0, 0.05) is 37.7 Å². The maximum atomic E-state index is 10.6. The zero-order valence-electron chi connectivity index (χ0n) is 20.2. The number of imidazole rings is 1. The van der Waals surface area contributed by atoms with Crippen molar-refractivity contribution in [2.24, 2.45) is 0 Å². The molecule has 1 saturated heterocycles. The summed E-state index contributed by atoms with van der Waals surface area (Å²) in [5, 5.41) is 14.2. The summed E-state index contributed by atoms with van der Waals surface area (Å²) in [6, 6.07) is 10.7. The molecule has 2 N–H and O–H groups in total. The molecule has 5 rings (SSSR count). The third-order valence-corrected chi connectivity index (χ3v) is 5.70. The van der Waals surface area contributed by atoms with Crippen LogP contribution in [0.4, 0.5) is 26.3 Å². The van der Waals surface area contributed by atoms with Crippen molar-refractivity contribution in [1.29, 1.82) is 0 Å². The summed E-state index contributed by atoms with van der Waals surface area (Å²) in [6.45, 7) is 3.47. The summed E-state index contributed by atoms with van der Waals surface area (Å²) < 4.78 is 71.8. The second-order valence-corrected chi connectivity index (χ2v) is 8.67. The van der Waals surface area contributed by atoms with Gasteiger partial charge in [-0.3, -0.25) is 9.88 Å². The highest BCUT2D eigenvalue weighted by Crippen LogP contribution is 2.40. The van der Waals surface area contributed by atoms with E-state index in [1.807, 2.05) is 24.8 Å². The SMILES string of the molecule is O=C(O)C(F)(F)F.O=C(O)C(F)(F)F.c1cncc(CN2CCOC(c3ncn4c(C5CC5)cccc34)C2)c1. The number of nitrogens with zero attached hydrogens (tertiary/aromatic N) is 4. The number of hydrogen-bond donors (Lipinski definition) is 2. The molecule has 0 spiro atoms. The summed E-state index contributed by atoms with van der Waals surface area (Å²) in [5.74, 6) is -4.81. The van der Waals surface area contributed by atoms with E-state index in [1.165, 1.54) is 29.6 Å². The van der Waals surface area contributed by atoms with E-state index in [-0.39, 0.29) is 6.10 Å². The number of pyridine rings is 2. The zero-order chi connectivity index (χ0) is 28.8. The monoisotopic (exact) mass is 562 g/mol. The molecule has 1 aliphatic carbocycles. The number of fused-ring (bicyclic) bond motifs is 1. The number of aliphatic carboxylic acids is 2. The summed E-state index contributed by atoms with van der Waals surface area (Å²) in [4.78, 5) is 29.2. The van der Waals surface area contributed by atoms with Gasteiger partial charge in [-0.2, -0.15) is 26.3 Å². The van der Waals surface area contributed by atoms with E-state index in [1.54, 1.807) is 0 Å². The molecule has 0 radical (unpaired) electrons. The van der Waals surface area contributed by atoms with Crippen LogP contribution in [0.5, 0.6) is 0 Å². The minimum atomic E-state index is -5.08. The average molecular weight is 562 g/mol. The quantitative estimate of drug-likeness (QED) is 0.448. The molecule has 4 heterocycles. The Bertz CT molecular complexity index is 1240. The highest BCUT2D eigenvalue weighted by molar-refractivity contribution is 5.73. The molecule has 3 aromatic heterocycles. The van der Waals surface area contributed by atoms with Crippen LogP contribution in [0.1, 0.15) is 41.8 Å². The van der Waals surface area contributed by atoms with Crippen molar-refractivity contribution in [2.45, 2.75) is 43.8 Å². The molecule has 9 nitrogen and oxygen atoms in total. The molecule has 3 aromatic rings. The normalized spacial score (nSPS) is 17.9. The lowest BCUT2D eigenvalue weighted by Crippen LogP contribution is -2.38. The number of carboxylic acid groups (broad SMARTS) is 2. The number of alkyl halides is 6. The van der Waals surface area contributed by atoms with Crippen LogP contribution in [0.25, 0.3) is 5.52 Å². The van der Waals surface area contributed by atoms with E-state index < -0.39 is 24.3 Å². The first-order valence-electron chi connectivity index (χ1n) is 11.6. The molecule has 15 heteroatoms. The molecule has 212 valence electrons. The highest BCUT2D eigenvalue weighted by atomic mass is 19.4. The van der Waals surface area contributed by atoms with Crippen LogP contribution >= 0.6 is 0 Å². The Labute approximate surface area is 217 Å². The van der Waals surface area contributed by atoms with Gasteiger partial charge in [-0.05, 0) is 42.5 Å². The second-order valence-electron chi connectivity index (χ2n) is 8.67. The van der Waals surface area contributed by atoms with E-state index in [0.717, 1.165) is 31.9 Å². The molecule has 1 saturated carbocycles. The predicted molar refractivity (Wildman–Crippen MR) is 123 cm³/mol. The van der Waals surface area contributed by atoms with E-state index >= 15 is 0 Å². The maximum Gasteiger partial charge on any atom is 0.490 e. The molecule has 2 fully saturated rings. The molecule has 1 unspecified atom stereocenters. The van der Waals surface area contributed by atoms with Crippen molar-refractivity contribution in [3.05, 3.63) is 66.0 Å². The minimum absolute atomic E-state index is 0.0323. The highest BCUT2D eigenvalue weighted by Gasteiger charge is 2.39. The smallest absolute Gasteiger partial charge is 0.475 e. The van der Waals surface area contributed by atoms with Gasteiger partial charge < -0.3 is 19.4 Å². The van der Waals surface area contributed by atoms with Crippen LogP contribution in [0.15, 0.2) is 49.1 Å². The van der Waals surface area contributed by atoms with Gasteiger partial charge >= 0.3 is 24.3 Å². The van der Waals surface area contributed by atoms with Gasteiger partial charge in [0.2, 0.25) is 0 Å². The Morgan fingerprint density at radius 3 is 2.18 bits per heavy atom. The Morgan fingerprint density at radius 1 is 1.00 bits per heavy atom. The number of aromatic nitrogens is 3. The molecule has 39 heavy (non-hydrogen) atoms. The lowest BCUT2D eigenvalue weighted by atomic mass is 10.1. The van der Waals surface area contributed by atoms with Gasteiger partial charge in [-0.15, -0.1) is 0 Å². The topological polar surface area (TPSA) is 117 Å². The zero-order valence-corrected chi connectivity index (χ0v) is 20.2. The third-order valence-electron chi connectivity index (χ3n) is 5.70. The standard InChI is InChI=1S/C20H22N4O.2C2HF3O2/c1-4-17(16-6-7-16)24-14-22-20(18(24)5-1)19-13-23(9-10-25-19)12-15-3-2-8-21-11-15;2*3-2(4,5)1(6)7/h1-5,8,11,14,16,19H,6-7,9-10,12-13H2;2*(H,6,7). The summed E-state index contributed by atoms with van der Waals surface area (Å²) >= 11 is 0. The number of carboxylic acids is 2. The summed E-state index contributed by atoms with van der Waals surface area (Å²) in [6.07, 6.45) is -1.80.